The third-order valence-electron chi connectivity index (χ3n) is 4.10. The van der Waals surface area contributed by atoms with Gasteiger partial charge in [-0.15, -0.1) is 0 Å². The number of hydrogen-bond donors (Lipinski definition) is 1. The first-order valence-corrected chi connectivity index (χ1v) is 8.16. The zero-order chi connectivity index (χ0) is 14.7. The van der Waals surface area contributed by atoms with Gasteiger partial charge in [0, 0.05) is 17.9 Å². The zero-order valence-electron chi connectivity index (χ0n) is 12.4. The Morgan fingerprint density at radius 3 is 3.05 bits per heavy atom. The van der Waals surface area contributed by atoms with Gasteiger partial charge in [0.15, 0.2) is 5.58 Å². The summed E-state index contributed by atoms with van der Waals surface area (Å²) in [6, 6.07) is 8.19. The Balaban J connectivity index is 1.90. The van der Waals surface area contributed by atoms with Gasteiger partial charge in [-0.25, -0.2) is 0 Å². The molecule has 3 nitrogen and oxygen atoms in total. The number of hydrogen-bond acceptors (Lipinski definition) is 3. The van der Waals surface area contributed by atoms with Crippen LogP contribution in [0.2, 0.25) is 5.02 Å². The van der Waals surface area contributed by atoms with Gasteiger partial charge in [-0.2, -0.15) is 0 Å². The molecule has 0 radical (unpaired) electrons. The summed E-state index contributed by atoms with van der Waals surface area (Å²) in [6.45, 7) is 4.83. The molecule has 4 heteroatoms. The van der Waals surface area contributed by atoms with Gasteiger partial charge >= 0.3 is 0 Å². The smallest absolute Gasteiger partial charge is 0.152 e. The number of halogens is 1. The van der Waals surface area contributed by atoms with E-state index in [2.05, 4.69) is 18.3 Å². The van der Waals surface area contributed by atoms with Crippen LogP contribution < -0.4 is 5.32 Å². The molecule has 21 heavy (non-hydrogen) atoms. The third kappa shape index (κ3) is 3.25. The zero-order valence-corrected chi connectivity index (χ0v) is 13.2. The summed E-state index contributed by atoms with van der Waals surface area (Å²) in [7, 11) is 0. The molecule has 1 fully saturated rings. The maximum atomic E-state index is 6.23. The minimum Gasteiger partial charge on any atom is -0.458 e. The molecule has 1 aliphatic rings. The van der Waals surface area contributed by atoms with Crippen molar-refractivity contribution in [1.29, 1.82) is 0 Å². The van der Waals surface area contributed by atoms with Crippen LogP contribution in [-0.2, 0) is 4.74 Å². The number of rotatable bonds is 5. The normalized spacial score (nSPS) is 20.8. The molecule has 0 bridgehead atoms. The topological polar surface area (TPSA) is 34.4 Å². The van der Waals surface area contributed by atoms with Gasteiger partial charge in [0.05, 0.1) is 17.7 Å². The second kappa shape index (κ2) is 6.82. The molecular formula is C17H22ClNO2. The van der Waals surface area contributed by atoms with Crippen LogP contribution in [0, 0.1) is 5.92 Å². The van der Waals surface area contributed by atoms with Gasteiger partial charge in [-0.1, -0.05) is 30.7 Å². The molecule has 2 unspecified atom stereocenters. The Labute approximate surface area is 130 Å². The van der Waals surface area contributed by atoms with E-state index in [0.717, 1.165) is 49.3 Å². The molecule has 0 aliphatic carbocycles. The first-order chi connectivity index (χ1) is 10.3. The van der Waals surface area contributed by atoms with Crippen molar-refractivity contribution in [2.24, 2.45) is 5.92 Å². The number of ether oxygens (including phenoxy) is 1. The minimum atomic E-state index is 0.203. The average Bonchev–Trinajstić information content (AvgIpc) is 2.94. The largest absolute Gasteiger partial charge is 0.458 e. The van der Waals surface area contributed by atoms with Crippen molar-refractivity contribution in [1.82, 2.24) is 5.32 Å². The summed E-state index contributed by atoms with van der Waals surface area (Å²) in [4.78, 5) is 0. The fourth-order valence-corrected chi connectivity index (χ4v) is 3.25. The maximum absolute atomic E-state index is 6.23. The molecule has 3 rings (SSSR count). The second-order valence-electron chi connectivity index (χ2n) is 5.72. The molecule has 0 saturated carbocycles. The highest BCUT2D eigenvalue weighted by Crippen LogP contribution is 2.34. The summed E-state index contributed by atoms with van der Waals surface area (Å²) in [5.41, 5.74) is 0.786. The van der Waals surface area contributed by atoms with Crippen LogP contribution in [0.3, 0.4) is 0 Å². The molecule has 1 aromatic carbocycles. The van der Waals surface area contributed by atoms with Crippen molar-refractivity contribution in [2.45, 2.75) is 32.2 Å². The van der Waals surface area contributed by atoms with E-state index in [1.807, 2.05) is 18.2 Å². The molecule has 1 saturated heterocycles. The van der Waals surface area contributed by atoms with Crippen LogP contribution in [0.5, 0.6) is 0 Å². The predicted octanol–water partition coefficient (Wildman–Crippen LogP) is 4.55. The monoisotopic (exact) mass is 307 g/mol. The fourth-order valence-electron chi connectivity index (χ4n) is 3.03. The van der Waals surface area contributed by atoms with Crippen molar-refractivity contribution in [2.75, 3.05) is 19.8 Å². The van der Waals surface area contributed by atoms with E-state index in [1.54, 1.807) is 0 Å². The molecule has 0 spiro atoms. The molecular weight excluding hydrogens is 286 g/mol. The standard InChI is InChI=1S/C17H22ClNO2/c1-2-8-19-16(13-6-4-9-20-11-13)15-10-12-5-3-7-14(18)17(12)21-15/h3,5,7,10,13,16,19H,2,4,6,8-9,11H2,1H3. The molecule has 0 amide bonds. The molecule has 1 aromatic heterocycles. The van der Waals surface area contributed by atoms with E-state index in [-0.39, 0.29) is 6.04 Å². The second-order valence-corrected chi connectivity index (χ2v) is 6.12. The fraction of sp³-hybridized carbons (Fsp3) is 0.529. The number of nitrogens with one attached hydrogen (secondary N) is 1. The Hall–Kier alpha value is -1.03. The van der Waals surface area contributed by atoms with Crippen molar-refractivity contribution in [3.05, 3.63) is 35.0 Å². The lowest BCUT2D eigenvalue weighted by Gasteiger charge is -2.29. The predicted molar refractivity (Wildman–Crippen MR) is 85.8 cm³/mol. The van der Waals surface area contributed by atoms with Crippen LogP contribution in [0.25, 0.3) is 11.0 Å². The van der Waals surface area contributed by atoms with Crippen LogP contribution in [0.15, 0.2) is 28.7 Å². The maximum Gasteiger partial charge on any atom is 0.152 e. The Kier molecular flexibility index (Phi) is 4.84. The number of fused-ring (bicyclic) bond motifs is 1. The van der Waals surface area contributed by atoms with Crippen LogP contribution in [-0.4, -0.2) is 19.8 Å². The van der Waals surface area contributed by atoms with Crippen molar-refractivity contribution in [3.8, 4) is 0 Å². The lowest BCUT2D eigenvalue weighted by atomic mass is 9.92. The Bertz CT molecular complexity index is 589. The highest BCUT2D eigenvalue weighted by molar-refractivity contribution is 6.34. The highest BCUT2D eigenvalue weighted by Gasteiger charge is 2.28. The van der Waals surface area contributed by atoms with Gasteiger partial charge in [-0.05, 0) is 37.9 Å². The van der Waals surface area contributed by atoms with Crippen LogP contribution in [0.4, 0.5) is 0 Å². The van der Waals surface area contributed by atoms with Crippen molar-refractivity contribution >= 4 is 22.6 Å². The van der Waals surface area contributed by atoms with E-state index >= 15 is 0 Å². The summed E-state index contributed by atoms with van der Waals surface area (Å²) in [6.07, 6.45) is 3.40. The highest BCUT2D eigenvalue weighted by atomic mass is 35.5. The van der Waals surface area contributed by atoms with Crippen molar-refractivity contribution < 1.29 is 9.15 Å². The summed E-state index contributed by atoms with van der Waals surface area (Å²) in [5, 5.41) is 5.36. The Morgan fingerprint density at radius 2 is 2.33 bits per heavy atom. The van der Waals surface area contributed by atoms with Gasteiger partial charge in [0.1, 0.15) is 5.76 Å². The van der Waals surface area contributed by atoms with E-state index in [0.29, 0.717) is 10.9 Å². The van der Waals surface area contributed by atoms with Gasteiger partial charge in [0.25, 0.3) is 0 Å². The average molecular weight is 308 g/mol. The quantitative estimate of drug-likeness (QED) is 0.879. The molecule has 2 atom stereocenters. The van der Waals surface area contributed by atoms with Gasteiger partial charge < -0.3 is 14.5 Å². The van der Waals surface area contributed by atoms with Crippen molar-refractivity contribution in [3.63, 3.8) is 0 Å². The first-order valence-electron chi connectivity index (χ1n) is 7.78. The van der Waals surface area contributed by atoms with Gasteiger partial charge in [-0.3, -0.25) is 0 Å². The third-order valence-corrected chi connectivity index (χ3v) is 4.40. The van der Waals surface area contributed by atoms with E-state index in [1.165, 1.54) is 6.42 Å². The van der Waals surface area contributed by atoms with E-state index < -0.39 is 0 Å². The minimum absolute atomic E-state index is 0.203. The molecule has 2 aromatic rings. The SMILES string of the molecule is CCCNC(c1cc2cccc(Cl)c2o1)C1CCCOC1. The van der Waals surface area contributed by atoms with Crippen LogP contribution in [0.1, 0.15) is 38.0 Å². The number of para-hydroxylation sites is 1. The summed E-state index contributed by atoms with van der Waals surface area (Å²) >= 11 is 6.23. The summed E-state index contributed by atoms with van der Waals surface area (Å²) in [5.74, 6) is 1.44. The lowest BCUT2D eigenvalue weighted by Crippen LogP contribution is -2.33. The number of furan rings is 1. The Morgan fingerprint density at radius 1 is 1.43 bits per heavy atom. The molecule has 1 aliphatic heterocycles. The van der Waals surface area contributed by atoms with Gasteiger partial charge in [0.2, 0.25) is 0 Å². The molecule has 114 valence electrons. The molecule has 2 heterocycles. The van der Waals surface area contributed by atoms with E-state index in [4.69, 9.17) is 20.8 Å². The van der Waals surface area contributed by atoms with E-state index in [9.17, 15) is 0 Å². The first kappa shape index (κ1) is 14.9. The summed E-state index contributed by atoms with van der Waals surface area (Å²) < 4.78 is 11.7. The molecule has 1 N–H and O–H groups in total. The van der Waals surface area contributed by atoms with Crippen LogP contribution >= 0.6 is 11.6 Å². The lowest BCUT2D eigenvalue weighted by molar-refractivity contribution is 0.0358. The number of benzene rings is 1.